The normalized spacial score (nSPS) is 15.8. The average molecular weight is 375 g/mol. The van der Waals surface area contributed by atoms with Crippen molar-refractivity contribution >= 4 is 17.5 Å². The highest BCUT2D eigenvalue weighted by Crippen LogP contribution is 2.36. The number of rotatable bonds is 2. The molecule has 1 amide bonds. The van der Waals surface area contributed by atoms with Crippen molar-refractivity contribution in [2.75, 3.05) is 31.1 Å². The zero-order valence-corrected chi connectivity index (χ0v) is 14.7. The molecular weight excluding hydrogens is 355 g/mol. The summed E-state index contributed by atoms with van der Waals surface area (Å²) in [5.41, 5.74) is -2.21. The number of nitrogens with zero attached hydrogens (tertiary/aromatic N) is 3. The van der Waals surface area contributed by atoms with Crippen molar-refractivity contribution in [3.8, 4) is 0 Å². The predicted molar refractivity (Wildman–Crippen MR) is 88.1 cm³/mol. The Hall–Kier alpha value is -2.52. The lowest BCUT2D eigenvalue weighted by Crippen LogP contribution is -2.50. The van der Waals surface area contributed by atoms with E-state index >= 15 is 0 Å². The number of nitro groups is 1. The van der Waals surface area contributed by atoms with Crippen molar-refractivity contribution in [2.45, 2.75) is 32.5 Å². The molecule has 10 heteroatoms. The quantitative estimate of drug-likeness (QED) is 0.582. The first-order valence-corrected chi connectivity index (χ1v) is 7.97. The summed E-state index contributed by atoms with van der Waals surface area (Å²) < 4.78 is 43.6. The fourth-order valence-corrected chi connectivity index (χ4v) is 2.57. The van der Waals surface area contributed by atoms with Crippen LogP contribution in [0, 0.1) is 10.1 Å². The highest BCUT2D eigenvalue weighted by Gasteiger charge is 2.34. The van der Waals surface area contributed by atoms with E-state index in [2.05, 4.69) is 0 Å². The molecule has 0 atom stereocenters. The molecule has 1 aromatic rings. The van der Waals surface area contributed by atoms with Crippen LogP contribution in [-0.2, 0) is 10.9 Å². The van der Waals surface area contributed by atoms with Crippen LogP contribution in [0.5, 0.6) is 0 Å². The Balaban J connectivity index is 2.14. The molecule has 1 saturated heterocycles. The van der Waals surface area contributed by atoms with Crippen molar-refractivity contribution in [1.82, 2.24) is 4.90 Å². The monoisotopic (exact) mass is 375 g/mol. The van der Waals surface area contributed by atoms with Gasteiger partial charge in [-0.3, -0.25) is 10.1 Å². The van der Waals surface area contributed by atoms with E-state index in [1.807, 2.05) is 0 Å². The molecule has 0 aromatic heterocycles. The van der Waals surface area contributed by atoms with Crippen molar-refractivity contribution < 1.29 is 27.6 Å². The van der Waals surface area contributed by atoms with Gasteiger partial charge in [-0.05, 0) is 32.9 Å². The summed E-state index contributed by atoms with van der Waals surface area (Å²) in [6.07, 6.45) is -5.14. The van der Waals surface area contributed by atoms with Crippen LogP contribution in [0.25, 0.3) is 0 Å². The fourth-order valence-electron chi connectivity index (χ4n) is 2.57. The van der Waals surface area contributed by atoms with Crippen LogP contribution < -0.4 is 4.90 Å². The Bertz CT molecular complexity index is 693. The molecule has 1 aliphatic heterocycles. The molecule has 0 unspecified atom stereocenters. The minimum Gasteiger partial charge on any atom is -0.444 e. The maximum atomic E-state index is 12.8. The Morgan fingerprint density at radius 2 is 1.73 bits per heavy atom. The van der Waals surface area contributed by atoms with E-state index < -0.39 is 34.0 Å². The second-order valence-electron chi connectivity index (χ2n) is 6.91. The largest absolute Gasteiger partial charge is 0.444 e. The number of benzene rings is 1. The number of carbonyl (C=O) groups is 1. The molecule has 2 rings (SSSR count). The molecule has 0 aliphatic carbocycles. The first kappa shape index (κ1) is 19.8. The van der Waals surface area contributed by atoms with Crippen LogP contribution >= 0.6 is 0 Å². The molecule has 0 N–H and O–H groups in total. The SMILES string of the molecule is CC(C)(C)OC(=O)N1CCN(c2ccc(C(F)(F)F)cc2[N+](=O)[O-])CC1. The Labute approximate surface area is 148 Å². The summed E-state index contributed by atoms with van der Waals surface area (Å²) in [7, 11) is 0. The molecule has 0 saturated carbocycles. The first-order chi connectivity index (χ1) is 11.9. The smallest absolute Gasteiger partial charge is 0.416 e. The van der Waals surface area contributed by atoms with Gasteiger partial charge in [0.25, 0.3) is 5.69 Å². The van der Waals surface area contributed by atoms with Gasteiger partial charge in [-0.2, -0.15) is 13.2 Å². The molecule has 1 aliphatic rings. The number of hydrogen-bond acceptors (Lipinski definition) is 5. The van der Waals surface area contributed by atoms with E-state index in [0.717, 1.165) is 12.1 Å². The van der Waals surface area contributed by atoms with Crippen LogP contribution in [0.1, 0.15) is 26.3 Å². The third kappa shape index (κ3) is 4.77. The van der Waals surface area contributed by atoms with Gasteiger partial charge < -0.3 is 14.5 Å². The lowest BCUT2D eigenvalue weighted by molar-refractivity contribution is -0.384. The molecule has 1 aromatic carbocycles. The first-order valence-electron chi connectivity index (χ1n) is 7.97. The number of carbonyl (C=O) groups excluding carboxylic acids is 1. The number of halogens is 3. The Morgan fingerprint density at radius 3 is 2.19 bits per heavy atom. The van der Waals surface area contributed by atoms with Gasteiger partial charge in [0.2, 0.25) is 0 Å². The number of piperazine rings is 1. The minimum absolute atomic E-state index is 0.104. The maximum Gasteiger partial charge on any atom is 0.416 e. The van der Waals surface area contributed by atoms with Gasteiger partial charge in [0.05, 0.1) is 10.5 Å². The van der Waals surface area contributed by atoms with Gasteiger partial charge in [0.15, 0.2) is 0 Å². The highest BCUT2D eigenvalue weighted by atomic mass is 19.4. The van der Waals surface area contributed by atoms with Gasteiger partial charge in [0.1, 0.15) is 11.3 Å². The van der Waals surface area contributed by atoms with Gasteiger partial charge >= 0.3 is 12.3 Å². The summed E-state index contributed by atoms with van der Waals surface area (Å²) >= 11 is 0. The molecular formula is C16H20F3N3O4. The molecule has 26 heavy (non-hydrogen) atoms. The van der Waals surface area contributed by atoms with E-state index in [0.29, 0.717) is 6.07 Å². The zero-order valence-electron chi connectivity index (χ0n) is 14.7. The van der Waals surface area contributed by atoms with Crippen molar-refractivity contribution in [3.05, 3.63) is 33.9 Å². The second kappa shape index (κ2) is 7.00. The summed E-state index contributed by atoms with van der Waals surface area (Å²) in [5, 5.41) is 11.2. The van der Waals surface area contributed by atoms with Crippen molar-refractivity contribution in [1.29, 1.82) is 0 Å². The molecule has 144 valence electrons. The molecule has 0 spiro atoms. The number of nitro benzene ring substituents is 1. The molecule has 0 bridgehead atoms. The van der Waals surface area contributed by atoms with Crippen LogP contribution in [0.15, 0.2) is 18.2 Å². The van der Waals surface area contributed by atoms with Crippen molar-refractivity contribution in [3.63, 3.8) is 0 Å². The minimum atomic E-state index is -4.65. The van der Waals surface area contributed by atoms with E-state index in [9.17, 15) is 28.1 Å². The van der Waals surface area contributed by atoms with Crippen molar-refractivity contribution in [2.24, 2.45) is 0 Å². The van der Waals surface area contributed by atoms with E-state index in [1.54, 1.807) is 25.7 Å². The third-order valence-corrected chi connectivity index (χ3v) is 3.77. The number of amides is 1. The Kier molecular flexibility index (Phi) is 5.33. The van der Waals surface area contributed by atoms with Crippen LogP contribution in [0.2, 0.25) is 0 Å². The number of hydrogen-bond donors (Lipinski definition) is 0. The molecule has 0 radical (unpaired) electrons. The second-order valence-corrected chi connectivity index (χ2v) is 6.91. The average Bonchev–Trinajstić information content (AvgIpc) is 2.52. The Morgan fingerprint density at radius 1 is 1.15 bits per heavy atom. The molecule has 1 heterocycles. The van der Waals surface area contributed by atoms with Gasteiger partial charge in [-0.15, -0.1) is 0 Å². The fraction of sp³-hybridized carbons (Fsp3) is 0.562. The number of alkyl halides is 3. The predicted octanol–water partition coefficient (Wildman–Crippen LogP) is 3.67. The number of anilines is 1. The summed E-state index contributed by atoms with van der Waals surface area (Å²) in [5.74, 6) is 0. The van der Waals surface area contributed by atoms with Gasteiger partial charge in [-0.25, -0.2) is 4.79 Å². The zero-order chi connectivity index (χ0) is 19.7. The van der Waals surface area contributed by atoms with Gasteiger partial charge in [-0.1, -0.05) is 0 Å². The van der Waals surface area contributed by atoms with Gasteiger partial charge in [0, 0.05) is 32.2 Å². The molecule has 1 fully saturated rings. The molecule has 7 nitrogen and oxygen atoms in total. The van der Waals surface area contributed by atoms with E-state index in [4.69, 9.17) is 4.74 Å². The summed E-state index contributed by atoms with van der Waals surface area (Å²) in [4.78, 5) is 25.5. The van der Waals surface area contributed by atoms with E-state index in [-0.39, 0.29) is 31.9 Å². The van der Waals surface area contributed by atoms with Crippen LogP contribution in [0.4, 0.5) is 29.3 Å². The number of ether oxygens (including phenoxy) is 1. The third-order valence-electron chi connectivity index (χ3n) is 3.77. The van der Waals surface area contributed by atoms with E-state index in [1.165, 1.54) is 4.90 Å². The topological polar surface area (TPSA) is 75.9 Å². The highest BCUT2D eigenvalue weighted by molar-refractivity contribution is 5.69. The van der Waals surface area contributed by atoms with Crippen LogP contribution in [-0.4, -0.2) is 47.7 Å². The lowest BCUT2D eigenvalue weighted by atomic mass is 10.1. The summed E-state index contributed by atoms with van der Waals surface area (Å²) in [6, 6.07) is 2.46. The maximum absolute atomic E-state index is 12.8. The summed E-state index contributed by atoms with van der Waals surface area (Å²) in [6.45, 7) is 6.25. The van der Waals surface area contributed by atoms with Crippen LogP contribution in [0.3, 0.4) is 0 Å². The standard InChI is InChI=1S/C16H20F3N3O4/c1-15(2,3)26-14(23)21-8-6-20(7-9-21)12-5-4-11(16(17,18)19)10-13(12)22(24)25/h4-5,10H,6-9H2,1-3H3. The lowest BCUT2D eigenvalue weighted by Gasteiger charge is -2.36.